The number of halogens is 2. The summed E-state index contributed by atoms with van der Waals surface area (Å²) < 4.78 is 5.11. The van der Waals surface area contributed by atoms with Crippen molar-refractivity contribution in [2.45, 2.75) is 5.02 Å². The lowest BCUT2D eigenvalue weighted by Crippen LogP contribution is -1.98. The molecule has 0 aliphatic carbocycles. The molecular formula is C10H7Cl2NO. The minimum atomic E-state index is -0.851. The third-order valence-electron chi connectivity index (χ3n) is 1.80. The second-order valence-corrected chi connectivity index (χ2v) is 3.75. The first-order valence-electron chi connectivity index (χ1n) is 4.05. The Morgan fingerprint density at radius 2 is 2.07 bits per heavy atom. The van der Waals surface area contributed by atoms with Crippen LogP contribution in [0.4, 0.5) is 0 Å². The Hall–Kier alpha value is -0.990. The van der Waals surface area contributed by atoms with Crippen molar-refractivity contribution in [3.8, 4) is 5.75 Å². The molecule has 0 radical (unpaired) electrons. The molecule has 0 atom stereocenters. The number of pyridine rings is 1. The number of aromatic nitrogens is 1. The zero-order valence-electron chi connectivity index (χ0n) is 7.15. The number of ether oxygens (including phenoxy) is 1. The average molecular weight is 228 g/mol. The highest BCUT2D eigenvalue weighted by atomic mass is 35.5. The second kappa shape index (κ2) is 4.03. The molecule has 1 aromatic carbocycles. The van der Waals surface area contributed by atoms with Crippen LogP contribution in [0.3, 0.4) is 0 Å². The van der Waals surface area contributed by atoms with Crippen molar-refractivity contribution in [2.24, 2.45) is 0 Å². The van der Waals surface area contributed by atoms with Gasteiger partial charge in [0.2, 0.25) is 5.02 Å². The van der Waals surface area contributed by atoms with Crippen LogP contribution in [0.15, 0.2) is 36.5 Å². The van der Waals surface area contributed by atoms with Gasteiger partial charge in [-0.25, -0.2) is 0 Å². The summed E-state index contributed by atoms with van der Waals surface area (Å²) in [6.07, 6.45) is 1.73. The maximum atomic E-state index is 5.49. The Morgan fingerprint density at radius 1 is 1.21 bits per heavy atom. The molecule has 72 valence electrons. The van der Waals surface area contributed by atoms with E-state index in [1.165, 1.54) is 0 Å². The van der Waals surface area contributed by atoms with Gasteiger partial charge in [0.15, 0.2) is 0 Å². The monoisotopic (exact) mass is 227 g/mol. The Kier molecular flexibility index (Phi) is 2.75. The van der Waals surface area contributed by atoms with Crippen LogP contribution in [0.5, 0.6) is 5.75 Å². The van der Waals surface area contributed by atoms with Crippen LogP contribution in [-0.4, -0.2) is 10.0 Å². The van der Waals surface area contributed by atoms with Crippen molar-refractivity contribution in [3.05, 3.63) is 36.5 Å². The van der Waals surface area contributed by atoms with E-state index in [2.05, 4.69) is 4.98 Å². The van der Waals surface area contributed by atoms with Crippen molar-refractivity contribution in [2.75, 3.05) is 0 Å². The predicted molar refractivity (Wildman–Crippen MR) is 57.9 cm³/mol. The molecule has 0 aliphatic heterocycles. The minimum Gasteiger partial charge on any atom is -0.461 e. The van der Waals surface area contributed by atoms with Crippen molar-refractivity contribution >= 4 is 34.1 Å². The zero-order valence-corrected chi connectivity index (χ0v) is 8.66. The first kappa shape index (κ1) is 9.56. The largest absolute Gasteiger partial charge is 0.461 e. The van der Waals surface area contributed by atoms with Crippen LogP contribution in [-0.2, 0) is 0 Å². The zero-order chi connectivity index (χ0) is 9.97. The standard InChI is InChI=1S/C10H7Cl2NO/c11-10(12)14-8-4-3-7-2-1-5-13-9(7)6-8/h1-6,10H. The predicted octanol–water partition coefficient (Wildman–Crippen LogP) is 3.37. The number of fused-ring (bicyclic) bond motifs is 1. The van der Waals surface area contributed by atoms with Gasteiger partial charge in [-0.3, -0.25) is 4.98 Å². The lowest BCUT2D eigenvalue weighted by Gasteiger charge is -2.06. The van der Waals surface area contributed by atoms with Gasteiger partial charge in [0.1, 0.15) is 5.75 Å². The third kappa shape index (κ3) is 2.08. The molecule has 0 bridgehead atoms. The van der Waals surface area contributed by atoms with Crippen LogP contribution >= 0.6 is 23.2 Å². The fourth-order valence-electron chi connectivity index (χ4n) is 1.22. The first-order valence-corrected chi connectivity index (χ1v) is 4.92. The molecule has 2 aromatic rings. The maximum absolute atomic E-state index is 5.49. The van der Waals surface area contributed by atoms with Crippen molar-refractivity contribution in [1.29, 1.82) is 0 Å². The molecule has 4 heteroatoms. The Labute approximate surface area is 91.4 Å². The van der Waals surface area contributed by atoms with E-state index in [-0.39, 0.29) is 0 Å². The van der Waals surface area contributed by atoms with Crippen LogP contribution in [0.25, 0.3) is 10.9 Å². The van der Waals surface area contributed by atoms with E-state index < -0.39 is 5.02 Å². The van der Waals surface area contributed by atoms with Gasteiger partial charge in [-0.15, -0.1) is 0 Å². The summed E-state index contributed by atoms with van der Waals surface area (Å²) >= 11 is 11.0. The second-order valence-electron chi connectivity index (χ2n) is 2.74. The van der Waals surface area contributed by atoms with Gasteiger partial charge >= 0.3 is 0 Å². The molecule has 1 heterocycles. The third-order valence-corrected chi connectivity index (χ3v) is 1.98. The van der Waals surface area contributed by atoms with Gasteiger partial charge in [0, 0.05) is 17.6 Å². The average Bonchev–Trinajstić information content (AvgIpc) is 2.17. The molecule has 2 rings (SSSR count). The molecule has 0 unspecified atom stereocenters. The molecule has 14 heavy (non-hydrogen) atoms. The molecule has 0 spiro atoms. The summed E-state index contributed by atoms with van der Waals surface area (Å²) in [6, 6.07) is 9.38. The van der Waals surface area contributed by atoms with Gasteiger partial charge in [-0.1, -0.05) is 29.3 Å². The number of hydrogen-bond donors (Lipinski definition) is 0. The first-order chi connectivity index (χ1) is 6.75. The molecule has 0 N–H and O–H groups in total. The summed E-state index contributed by atoms with van der Waals surface area (Å²) in [5.41, 5.74) is 0.860. The fourth-order valence-corrected chi connectivity index (χ4v) is 1.43. The van der Waals surface area contributed by atoms with Crippen molar-refractivity contribution in [1.82, 2.24) is 4.98 Å². The molecule has 0 fully saturated rings. The molecule has 0 saturated carbocycles. The molecule has 2 nitrogen and oxygen atoms in total. The van der Waals surface area contributed by atoms with E-state index >= 15 is 0 Å². The lowest BCUT2D eigenvalue weighted by molar-refractivity contribution is 0.354. The summed E-state index contributed by atoms with van der Waals surface area (Å²) in [7, 11) is 0. The summed E-state index contributed by atoms with van der Waals surface area (Å²) in [5.74, 6) is 0.617. The highest BCUT2D eigenvalue weighted by Gasteiger charge is 2.01. The smallest absolute Gasteiger partial charge is 0.247 e. The van der Waals surface area contributed by atoms with E-state index in [0.29, 0.717) is 5.75 Å². The van der Waals surface area contributed by atoms with Crippen LogP contribution < -0.4 is 4.74 Å². The Balaban J connectivity index is 2.41. The van der Waals surface area contributed by atoms with Crippen molar-refractivity contribution in [3.63, 3.8) is 0 Å². The number of nitrogens with zero attached hydrogens (tertiary/aromatic N) is 1. The van der Waals surface area contributed by atoms with Crippen LogP contribution in [0, 0.1) is 0 Å². The number of alkyl halides is 2. The highest BCUT2D eigenvalue weighted by molar-refractivity contribution is 6.43. The molecule has 0 saturated heterocycles. The molecule has 0 aliphatic rings. The van der Waals surface area contributed by atoms with Gasteiger partial charge in [0.25, 0.3) is 0 Å². The van der Waals surface area contributed by atoms with Crippen molar-refractivity contribution < 1.29 is 4.74 Å². The SMILES string of the molecule is ClC(Cl)Oc1ccc2cccnc2c1. The molecule has 0 amide bonds. The van der Waals surface area contributed by atoms with Gasteiger partial charge in [-0.2, -0.15) is 0 Å². The fraction of sp³-hybridized carbons (Fsp3) is 0.100. The molecule has 1 aromatic heterocycles. The van der Waals surface area contributed by atoms with E-state index in [4.69, 9.17) is 27.9 Å². The van der Waals surface area contributed by atoms with E-state index in [0.717, 1.165) is 10.9 Å². The van der Waals surface area contributed by atoms with Gasteiger partial charge < -0.3 is 4.74 Å². The van der Waals surface area contributed by atoms with Gasteiger partial charge in [-0.05, 0) is 18.2 Å². The van der Waals surface area contributed by atoms with Crippen LogP contribution in [0.1, 0.15) is 0 Å². The van der Waals surface area contributed by atoms with Crippen LogP contribution in [0.2, 0.25) is 0 Å². The molecular weight excluding hydrogens is 221 g/mol. The van der Waals surface area contributed by atoms with E-state index in [9.17, 15) is 0 Å². The number of rotatable bonds is 2. The number of hydrogen-bond acceptors (Lipinski definition) is 2. The quantitative estimate of drug-likeness (QED) is 0.735. The maximum Gasteiger partial charge on any atom is 0.247 e. The van der Waals surface area contributed by atoms with E-state index in [1.54, 1.807) is 12.3 Å². The Morgan fingerprint density at radius 3 is 2.86 bits per heavy atom. The summed E-state index contributed by atoms with van der Waals surface area (Å²) in [5, 5.41) is 0.205. The normalized spacial score (nSPS) is 10.8. The van der Waals surface area contributed by atoms with Gasteiger partial charge in [0.05, 0.1) is 5.52 Å². The topological polar surface area (TPSA) is 22.1 Å². The Bertz CT molecular complexity index is 445. The summed E-state index contributed by atoms with van der Waals surface area (Å²) in [6.45, 7) is 0. The lowest BCUT2D eigenvalue weighted by atomic mass is 10.2. The van der Waals surface area contributed by atoms with E-state index in [1.807, 2.05) is 24.3 Å². The highest BCUT2D eigenvalue weighted by Crippen LogP contribution is 2.21. The minimum absolute atomic E-state index is 0.617. The number of benzene rings is 1. The summed E-state index contributed by atoms with van der Waals surface area (Å²) in [4.78, 5) is 4.18.